The summed E-state index contributed by atoms with van der Waals surface area (Å²) in [6.45, 7) is 7.67. The molecule has 0 aromatic carbocycles. The van der Waals surface area contributed by atoms with Crippen molar-refractivity contribution in [2.45, 2.75) is 0 Å². The summed E-state index contributed by atoms with van der Waals surface area (Å²) in [5, 5.41) is 0. The van der Waals surface area contributed by atoms with Crippen molar-refractivity contribution in [1.82, 2.24) is 0 Å². The van der Waals surface area contributed by atoms with Crippen LogP contribution in [-0.4, -0.2) is 37.8 Å². The Labute approximate surface area is 56.3 Å². The van der Waals surface area contributed by atoms with Crippen LogP contribution in [0.15, 0.2) is 12.8 Å². The van der Waals surface area contributed by atoms with Crippen LogP contribution in [0.2, 0.25) is 0 Å². The average molecular weight is 128 g/mol. The average Bonchev–Trinajstić information content (AvgIpc) is 1.90. The van der Waals surface area contributed by atoms with Gasteiger partial charge in [0, 0.05) is 0 Å². The Bertz CT molecular complexity index is 105. The van der Waals surface area contributed by atoms with Crippen LogP contribution in [0.5, 0.6) is 0 Å². The van der Waals surface area contributed by atoms with Gasteiger partial charge in [0.05, 0.1) is 26.5 Å². The van der Waals surface area contributed by atoms with E-state index in [4.69, 9.17) is 4.74 Å². The minimum atomic E-state index is 0.878. The van der Waals surface area contributed by atoms with Gasteiger partial charge in [0.25, 0.3) is 0 Å². The molecule has 0 radical (unpaired) electrons. The number of hydrogen-bond donors (Lipinski definition) is 0. The lowest BCUT2D eigenvalue weighted by molar-refractivity contribution is -0.867. The van der Waals surface area contributed by atoms with E-state index in [1.54, 1.807) is 0 Å². The second-order valence-corrected chi connectivity index (χ2v) is 2.72. The smallest absolute Gasteiger partial charge is 0.106 e. The van der Waals surface area contributed by atoms with Gasteiger partial charge in [-0.25, -0.2) is 0 Å². The van der Waals surface area contributed by atoms with Crippen LogP contribution in [0.3, 0.4) is 0 Å². The van der Waals surface area contributed by atoms with E-state index in [1.165, 1.54) is 0 Å². The van der Waals surface area contributed by atoms with Crippen molar-refractivity contribution in [2.24, 2.45) is 0 Å². The van der Waals surface area contributed by atoms with Crippen molar-refractivity contribution in [2.75, 3.05) is 33.4 Å². The van der Waals surface area contributed by atoms with Gasteiger partial charge in [0.2, 0.25) is 0 Å². The Hall–Kier alpha value is -0.340. The highest BCUT2D eigenvalue weighted by Crippen LogP contribution is 2.06. The highest BCUT2D eigenvalue weighted by molar-refractivity contribution is 4.57. The largest absolute Gasteiger partial charge is 0.370 e. The summed E-state index contributed by atoms with van der Waals surface area (Å²) in [4.78, 5) is 0. The minimum absolute atomic E-state index is 0.878. The molecular weight excluding hydrogens is 114 g/mol. The van der Waals surface area contributed by atoms with Crippen molar-refractivity contribution < 1.29 is 9.22 Å². The third-order valence-corrected chi connectivity index (χ3v) is 1.93. The van der Waals surface area contributed by atoms with Crippen molar-refractivity contribution in [3.05, 3.63) is 12.8 Å². The molecule has 0 atom stereocenters. The molecule has 0 unspecified atom stereocenters. The lowest BCUT2D eigenvalue weighted by atomic mass is 10.4. The molecule has 0 N–H and O–H groups in total. The number of quaternary nitrogens is 1. The lowest BCUT2D eigenvalue weighted by Gasteiger charge is -2.33. The molecule has 1 heterocycles. The molecule has 0 aliphatic carbocycles. The first kappa shape index (κ1) is 6.78. The zero-order chi connectivity index (χ0) is 6.74. The number of rotatable bonds is 1. The van der Waals surface area contributed by atoms with Gasteiger partial charge in [-0.1, -0.05) is 0 Å². The van der Waals surface area contributed by atoms with Crippen LogP contribution in [-0.2, 0) is 4.74 Å². The Balaban J connectivity index is 2.46. The number of ether oxygens (including phenoxy) is 1. The first-order valence-electron chi connectivity index (χ1n) is 3.32. The first-order chi connectivity index (χ1) is 4.27. The minimum Gasteiger partial charge on any atom is -0.370 e. The maximum absolute atomic E-state index is 5.20. The molecule has 0 spiro atoms. The fraction of sp³-hybridized carbons (Fsp3) is 0.714. The van der Waals surface area contributed by atoms with Gasteiger partial charge in [-0.3, -0.25) is 4.48 Å². The van der Waals surface area contributed by atoms with Gasteiger partial charge in [0.15, 0.2) is 0 Å². The maximum atomic E-state index is 5.20. The normalized spacial score (nSPS) is 25.4. The van der Waals surface area contributed by atoms with E-state index < -0.39 is 0 Å². The van der Waals surface area contributed by atoms with Gasteiger partial charge < -0.3 is 4.74 Å². The topological polar surface area (TPSA) is 9.23 Å². The molecule has 0 aromatic heterocycles. The van der Waals surface area contributed by atoms with Crippen LogP contribution in [0.1, 0.15) is 0 Å². The van der Waals surface area contributed by atoms with Crippen LogP contribution in [0.4, 0.5) is 0 Å². The zero-order valence-electron chi connectivity index (χ0n) is 5.97. The Kier molecular flexibility index (Phi) is 1.88. The molecular formula is C7H14NO+. The molecule has 0 bridgehead atoms. The van der Waals surface area contributed by atoms with Crippen LogP contribution < -0.4 is 0 Å². The summed E-state index contributed by atoms with van der Waals surface area (Å²) in [6, 6.07) is 0. The molecule has 0 saturated carbocycles. The highest BCUT2D eigenvalue weighted by atomic mass is 16.5. The molecule has 0 amide bonds. The quantitative estimate of drug-likeness (QED) is 0.470. The SMILES string of the molecule is C=C[N+]1(C)CCOCC1. The van der Waals surface area contributed by atoms with E-state index >= 15 is 0 Å². The van der Waals surface area contributed by atoms with E-state index in [0.717, 1.165) is 30.8 Å². The molecule has 2 nitrogen and oxygen atoms in total. The molecule has 1 rings (SSSR count). The number of likely N-dealkylation sites (N-methyl/N-ethyl adjacent to an activating group) is 1. The summed E-state index contributed by atoms with van der Waals surface area (Å²) in [6.07, 6.45) is 1.99. The maximum Gasteiger partial charge on any atom is 0.106 e. The Morgan fingerprint density at radius 3 is 2.33 bits per heavy atom. The monoisotopic (exact) mass is 128 g/mol. The second kappa shape index (κ2) is 2.50. The molecule has 0 aromatic rings. The lowest BCUT2D eigenvalue weighted by Crippen LogP contribution is -2.47. The van der Waals surface area contributed by atoms with E-state index in [1.807, 2.05) is 6.20 Å². The van der Waals surface area contributed by atoms with Gasteiger partial charge in [-0.05, 0) is 6.58 Å². The number of hydrogen-bond acceptors (Lipinski definition) is 1. The van der Waals surface area contributed by atoms with Gasteiger partial charge in [-0.2, -0.15) is 0 Å². The van der Waals surface area contributed by atoms with E-state index in [2.05, 4.69) is 13.6 Å². The molecule has 1 saturated heterocycles. The van der Waals surface area contributed by atoms with Gasteiger partial charge in [-0.15, -0.1) is 0 Å². The summed E-state index contributed by atoms with van der Waals surface area (Å²) >= 11 is 0. The van der Waals surface area contributed by atoms with Gasteiger partial charge >= 0.3 is 0 Å². The fourth-order valence-corrected chi connectivity index (χ4v) is 0.943. The van der Waals surface area contributed by atoms with Crippen molar-refractivity contribution in [3.63, 3.8) is 0 Å². The summed E-state index contributed by atoms with van der Waals surface area (Å²) < 4.78 is 6.16. The predicted molar refractivity (Wildman–Crippen MR) is 36.9 cm³/mol. The van der Waals surface area contributed by atoms with Crippen molar-refractivity contribution in [3.8, 4) is 0 Å². The van der Waals surface area contributed by atoms with E-state index in [-0.39, 0.29) is 0 Å². The standard InChI is InChI=1S/C7H14NO/c1-3-8(2)4-6-9-7-5-8/h3H,1,4-7H2,2H3/q+1. The molecule has 2 heteroatoms. The molecule has 1 aliphatic rings. The Morgan fingerprint density at radius 2 is 2.00 bits per heavy atom. The predicted octanol–water partition coefficient (Wildman–Crippen LogP) is 0.607. The fourth-order valence-electron chi connectivity index (χ4n) is 0.943. The van der Waals surface area contributed by atoms with E-state index in [9.17, 15) is 0 Å². The Morgan fingerprint density at radius 1 is 1.44 bits per heavy atom. The van der Waals surface area contributed by atoms with Crippen LogP contribution in [0.25, 0.3) is 0 Å². The molecule has 52 valence electrons. The third kappa shape index (κ3) is 1.53. The summed E-state index contributed by atoms with van der Waals surface area (Å²) in [7, 11) is 2.18. The number of morpholine rings is 1. The molecule has 9 heavy (non-hydrogen) atoms. The first-order valence-corrected chi connectivity index (χ1v) is 3.32. The van der Waals surface area contributed by atoms with Gasteiger partial charge in [0.1, 0.15) is 13.1 Å². The molecule has 1 fully saturated rings. The van der Waals surface area contributed by atoms with Crippen molar-refractivity contribution >= 4 is 0 Å². The van der Waals surface area contributed by atoms with Crippen molar-refractivity contribution in [1.29, 1.82) is 0 Å². The summed E-state index contributed by atoms with van der Waals surface area (Å²) in [5.41, 5.74) is 0. The molecule has 1 aliphatic heterocycles. The van der Waals surface area contributed by atoms with Crippen LogP contribution in [0, 0.1) is 0 Å². The summed E-state index contributed by atoms with van der Waals surface area (Å²) in [5.74, 6) is 0. The highest BCUT2D eigenvalue weighted by Gasteiger charge is 2.20. The third-order valence-electron chi connectivity index (χ3n) is 1.93. The van der Waals surface area contributed by atoms with E-state index in [0.29, 0.717) is 0 Å². The zero-order valence-corrected chi connectivity index (χ0v) is 5.97. The second-order valence-electron chi connectivity index (χ2n) is 2.72. The number of nitrogens with zero attached hydrogens (tertiary/aromatic N) is 1. The van der Waals surface area contributed by atoms with Crippen LogP contribution >= 0.6 is 0 Å².